The van der Waals surface area contributed by atoms with Crippen LogP contribution in [-0.2, 0) is 0 Å². The molecule has 0 fully saturated rings. The van der Waals surface area contributed by atoms with Crippen LogP contribution >= 0.6 is 0 Å². The van der Waals surface area contributed by atoms with Gasteiger partial charge in [0.1, 0.15) is 0 Å². The summed E-state index contributed by atoms with van der Waals surface area (Å²) in [4.78, 5) is 0. The summed E-state index contributed by atoms with van der Waals surface area (Å²) < 4.78 is 0. The van der Waals surface area contributed by atoms with Gasteiger partial charge in [0.15, 0.2) is 0 Å². The number of fused-ring (bicyclic) bond motifs is 2. The Bertz CT molecular complexity index is 1010. The Morgan fingerprint density at radius 3 is 2.13 bits per heavy atom. The summed E-state index contributed by atoms with van der Waals surface area (Å²) in [7, 11) is 0. The van der Waals surface area contributed by atoms with E-state index in [2.05, 4.69) is 92.0 Å². The average molecular weight is 297 g/mol. The molecule has 4 aromatic rings. The fraction of sp³-hybridized carbons (Fsp3) is 0.0909. The Hall–Kier alpha value is -2.80. The Kier molecular flexibility index (Phi) is 3.27. The van der Waals surface area contributed by atoms with Crippen molar-refractivity contribution in [3.8, 4) is 0 Å². The summed E-state index contributed by atoms with van der Waals surface area (Å²) in [6.45, 7) is 4.28. The minimum absolute atomic E-state index is 1.15. The van der Waals surface area contributed by atoms with Gasteiger partial charge < -0.3 is 5.32 Å². The summed E-state index contributed by atoms with van der Waals surface area (Å²) >= 11 is 0. The Morgan fingerprint density at radius 2 is 1.26 bits per heavy atom. The van der Waals surface area contributed by atoms with E-state index in [9.17, 15) is 0 Å². The standard InChI is InChI=1S/C22H19N/c1-15-10-11-20-18(12-15)7-5-9-21(20)23-22-14-16(2)13-17-6-3-4-8-19(17)22/h3-14,23H,1-2H3. The lowest BCUT2D eigenvalue weighted by Crippen LogP contribution is -1.94. The highest BCUT2D eigenvalue weighted by molar-refractivity contribution is 6.01. The zero-order valence-electron chi connectivity index (χ0n) is 13.4. The van der Waals surface area contributed by atoms with E-state index in [0.29, 0.717) is 0 Å². The number of nitrogens with one attached hydrogen (secondary N) is 1. The summed E-state index contributed by atoms with van der Waals surface area (Å²) in [5.41, 5.74) is 4.87. The Morgan fingerprint density at radius 1 is 0.565 bits per heavy atom. The molecule has 0 saturated carbocycles. The van der Waals surface area contributed by atoms with Gasteiger partial charge in [-0.2, -0.15) is 0 Å². The van der Waals surface area contributed by atoms with Gasteiger partial charge in [-0.1, -0.05) is 66.2 Å². The van der Waals surface area contributed by atoms with Crippen molar-refractivity contribution in [2.45, 2.75) is 13.8 Å². The van der Waals surface area contributed by atoms with Crippen molar-refractivity contribution in [3.63, 3.8) is 0 Å². The topological polar surface area (TPSA) is 12.0 Å². The maximum atomic E-state index is 3.65. The highest BCUT2D eigenvalue weighted by atomic mass is 14.9. The maximum Gasteiger partial charge on any atom is 0.0466 e. The third kappa shape index (κ3) is 2.55. The Balaban J connectivity index is 1.88. The number of anilines is 2. The monoisotopic (exact) mass is 297 g/mol. The number of benzene rings is 4. The third-order valence-corrected chi connectivity index (χ3v) is 4.31. The molecule has 0 unspecified atom stereocenters. The molecule has 0 amide bonds. The van der Waals surface area contributed by atoms with Gasteiger partial charge in [-0.15, -0.1) is 0 Å². The van der Waals surface area contributed by atoms with Crippen molar-refractivity contribution < 1.29 is 0 Å². The van der Waals surface area contributed by atoms with E-state index in [-0.39, 0.29) is 0 Å². The molecule has 1 N–H and O–H groups in total. The van der Waals surface area contributed by atoms with Crippen LogP contribution in [0.2, 0.25) is 0 Å². The zero-order chi connectivity index (χ0) is 15.8. The first-order valence-corrected chi connectivity index (χ1v) is 7.96. The lowest BCUT2D eigenvalue weighted by atomic mass is 10.0. The SMILES string of the molecule is Cc1ccc2c(Nc3cc(C)cc4ccccc34)cccc2c1. The van der Waals surface area contributed by atoms with Crippen LogP contribution in [-0.4, -0.2) is 0 Å². The molecule has 0 bridgehead atoms. The van der Waals surface area contributed by atoms with E-state index in [1.807, 2.05) is 0 Å². The molecule has 0 saturated heterocycles. The molecule has 0 spiro atoms. The first-order chi connectivity index (χ1) is 11.2. The molecule has 0 aliphatic heterocycles. The van der Waals surface area contributed by atoms with Crippen LogP contribution in [0, 0.1) is 13.8 Å². The van der Waals surface area contributed by atoms with E-state index in [4.69, 9.17) is 0 Å². The molecule has 0 radical (unpaired) electrons. The van der Waals surface area contributed by atoms with Gasteiger partial charge in [0, 0.05) is 22.1 Å². The van der Waals surface area contributed by atoms with Crippen LogP contribution in [0.5, 0.6) is 0 Å². The van der Waals surface area contributed by atoms with Crippen LogP contribution < -0.4 is 5.32 Å². The van der Waals surface area contributed by atoms with Gasteiger partial charge in [0.25, 0.3) is 0 Å². The molecule has 23 heavy (non-hydrogen) atoms. The Labute approximate surface area is 136 Å². The predicted molar refractivity (Wildman–Crippen MR) is 101 cm³/mol. The first kappa shape index (κ1) is 13.8. The summed E-state index contributed by atoms with van der Waals surface area (Å²) in [5, 5.41) is 8.70. The minimum atomic E-state index is 1.15. The smallest absolute Gasteiger partial charge is 0.0466 e. The van der Waals surface area contributed by atoms with Gasteiger partial charge in [0.05, 0.1) is 0 Å². The van der Waals surface area contributed by atoms with Crippen molar-refractivity contribution in [3.05, 3.63) is 83.9 Å². The molecular weight excluding hydrogens is 278 g/mol. The zero-order valence-corrected chi connectivity index (χ0v) is 13.4. The van der Waals surface area contributed by atoms with Gasteiger partial charge >= 0.3 is 0 Å². The van der Waals surface area contributed by atoms with E-state index < -0.39 is 0 Å². The molecule has 1 heteroatoms. The van der Waals surface area contributed by atoms with Crippen molar-refractivity contribution in [1.82, 2.24) is 0 Å². The molecule has 4 aromatic carbocycles. The third-order valence-electron chi connectivity index (χ3n) is 4.31. The minimum Gasteiger partial charge on any atom is -0.355 e. The van der Waals surface area contributed by atoms with Crippen molar-refractivity contribution in [2.24, 2.45) is 0 Å². The molecule has 0 aromatic heterocycles. The van der Waals surface area contributed by atoms with Crippen LogP contribution in [0.3, 0.4) is 0 Å². The molecule has 0 heterocycles. The van der Waals surface area contributed by atoms with E-state index in [0.717, 1.165) is 11.4 Å². The van der Waals surface area contributed by atoms with Gasteiger partial charge in [-0.25, -0.2) is 0 Å². The summed E-state index contributed by atoms with van der Waals surface area (Å²) in [6.07, 6.45) is 0. The van der Waals surface area contributed by atoms with Crippen molar-refractivity contribution in [1.29, 1.82) is 0 Å². The van der Waals surface area contributed by atoms with E-state index >= 15 is 0 Å². The number of hydrogen-bond acceptors (Lipinski definition) is 1. The molecule has 112 valence electrons. The van der Waals surface area contributed by atoms with Crippen molar-refractivity contribution in [2.75, 3.05) is 5.32 Å². The van der Waals surface area contributed by atoms with Crippen LogP contribution in [0.4, 0.5) is 11.4 Å². The van der Waals surface area contributed by atoms with Crippen LogP contribution in [0.15, 0.2) is 72.8 Å². The van der Waals surface area contributed by atoms with Gasteiger partial charge in [-0.05, 0) is 42.3 Å². The van der Waals surface area contributed by atoms with Crippen LogP contribution in [0.1, 0.15) is 11.1 Å². The predicted octanol–water partition coefficient (Wildman–Crippen LogP) is 6.35. The van der Waals surface area contributed by atoms with E-state index in [1.54, 1.807) is 0 Å². The molecule has 4 rings (SSSR count). The quantitative estimate of drug-likeness (QED) is 0.454. The summed E-state index contributed by atoms with van der Waals surface area (Å²) in [6, 6.07) is 26.0. The largest absolute Gasteiger partial charge is 0.355 e. The van der Waals surface area contributed by atoms with Crippen molar-refractivity contribution >= 4 is 32.9 Å². The second-order valence-electron chi connectivity index (χ2n) is 6.19. The normalized spacial score (nSPS) is 11.0. The van der Waals surface area contributed by atoms with Gasteiger partial charge in [-0.3, -0.25) is 0 Å². The second-order valence-corrected chi connectivity index (χ2v) is 6.19. The molecule has 0 atom stereocenters. The summed E-state index contributed by atoms with van der Waals surface area (Å²) in [5.74, 6) is 0. The highest BCUT2D eigenvalue weighted by Crippen LogP contribution is 2.31. The number of hydrogen-bond donors (Lipinski definition) is 1. The average Bonchev–Trinajstić information content (AvgIpc) is 2.54. The second kappa shape index (κ2) is 5.44. The molecule has 0 aliphatic rings. The number of rotatable bonds is 2. The van der Waals surface area contributed by atoms with E-state index in [1.165, 1.54) is 32.7 Å². The highest BCUT2D eigenvalue weighted by Gasteiger charge is 2.05. The first-order valence-electron chi connectivity index (χ1n) is 7.96. The molecular formula is C22H19N. The lowest BCUT2D eigenvalue weighted by molar-refractivity contribution is 1.48. The lowest BCUT2D eigenvalue weighted by Gasteiger charge is -2.14. The fourth-order valence-electron chi connectivity index (χ4n) is 3.22. The number of aryl methyl sites for hydroxylation is 2. The molecule has 0 aliphatic carbocycles. The van der Waals surface area contributed by atoms with Gasteiger partial charge in [0.2, 0.25) is 0 Å². The maximum absolute atomic E-state index is 3.65. The molecule has 1 nitrogen and oxygen atoms in total. The van der Waals surface area contributed by atoms with Crippen LogP contribution in [0.25, 0.3) is 21.5 Å². The fourth-order valence-corrected chi connectivity index (χ4v) is 3.22.